The summed E-state index contributed by atoms with van der Waals surface area (Å²) in [5.41, 5.74) is 2.52. The molecule has 1 unspecified atom stereocenters. The maximum absolute atomic E-state index is 5.51. The van der Waals surface area contributed by atoms with Crippen LogP contribution in [0.5, 0.6) is 5.75 Å². The Morgan fingerprint density at radius 1 is 1.25 bits per heavy atom. The van der Waals surface area contributed by atoms with Crippen molar-refractivity contribution < 1.29 is 4.74 Å². The van der Waals surface area contributed by atoms with E-state index in [1.165, 1.54) is 36.8 Å². The van der Waals surface area contributed by atoms with Crippen molar-refractivity contribution in [3.05, 3.63) is 29.3 Å². The van der Waals surface area contributed by atoms with Crippen LogP contribution in [0.25, 0.3) is 0 Å². The van der Waals surface area contributed by atoms with E-state index in [1.54, 1.807) is 7.11 Å². The highest BCUT2D eigenvalue weighted by molar-refractivity contribution is 5.39. The number of nitrogens with one attached hydrogen (secondary N) is 1. The van der Waals surface area contributed by atoms with Gasteiger partial charge in [0.2, 0.25) is 0 Å². The summed E-state index contributed by atoms with van der Waals surface area (Å²) in [6.07, 6.45) is 5.56. The molecule has 1 aliphatic rings. The summed E-state index contributed by atoms with van der Waals surface area (Å²) in [5, 5.41) is 3.70. The third kappa shape index (κ3) is 3.99. The Labute approximate surface area is 123 Å². The molecule has 1 aromatic carbocycles. The van der Waals surface area contributed by atoms with Crippen LogP contribution in [0.1, 0.15) is 56.7 Å². The Morgan fingerprint density at radius 3 is 2.60 bits per heavy atom. The second-order valence-corrected chi connectivity index (χ2v) is 6.50. The Morgan fingerprint density at radius 2 is 1.95 bits per heavy atom. The first-order valence-corrected chi connectivity index (χ1v) is 7.98. The maximum Gasteiger partial charge on any atom is 0.123 e. The first-order valence-electron chi connectivity index (χ1n) is 7.98. The normalized spacial score (nSPS) is 24.4. The summed E-state index contributed by atoms with van der Waals surface area (Å²) >= 11 is 0. The van der Waals surface area contributed by atoms with Gasteiger partial charge in [0.25, 0.3) is 0 Å². The predicted octanol–water partition coefficient (Wildman–Crippen LogP) is 4.48. The number of hydrogen-bond acceptors (Lipinski definition) is 2. The largest absolute Gasteiger partial charge is 0.496 e. The quantitative estimate of drug-likeness (QED) is 0.855. The summed E-state index contributed by atoms with van der Waals surface area (Å²) in [4.78, 5) is 0. The zero-order chi connectivity index (χ0) is 14.5. The van der Waals surface area contributed by atoms with Gasteiger partial charge in [-0.2, -0.15) is 0 Å². The van der Waals surface area contributed by atoms with Crippen LogP contribution in [-0.4, -0.2) is 13.7 Å². The van der Waals surface area contributed by atoms with Crippen molar-refractivity contribution in [3.63, 3.8) is 0 Å². The van der Waals surface area contributed by atoms with Gasteiger partial charge in [0.15, 0.2) is 0 Å². The minimum Gasteiger partial charge on any atom is -0.496 e. The number of methoxy groups -OCH3 is 1. The first kappa shape index (κ1) is 15.4. The minimum atomic E-state index is 0.352. The molecule has 0 amide bonds. The smallest absolute Gasteiger partial charge is 0.123 e. The molecule has 0 heterocycles. The average molecular weight is 275 g/mol. The van der Waals surface area contributed by atoms with Crippen LogP contribution < -0.4 is 10.1 Å². The molecular formula is C18H29NO. The van der Waals surface area contributed by atoms with Crippen LogP contribution in [-0.2, 0) is 0 Å². The van der Waals surface area contributed by atoms with Gasteiger partial charge in [-0.3, -0.25) is 0 Å². The molecule has 1 N–H and O–H groups in total. The molecule has 1 aromatic rings. The Bertz CT molecular complexity index is 421. The zero-order valence-electron chi connectivity index (χ0n) is 13.4. The van der Waals surface area contributed by atoms with Gasteiger partial charge in [-0.1, -0.05) is 31.9 Å². The van der Waals surface area contributed by atoms with E-state index >= 15 is 0 Å². The van der Waals surface area contributed by atoms with Crippen molar-refractivity contribution in [2.24, 2.45) is 11.8 Å². The molecule has 2 heteroatoms. The second-order valence-electron chi connectivity index (χ2n) is 6.50. The molecule has 0 bridgehead atoms. The molecule has 0 aliphatic heterocycles. The van der Waals surface area contributed by atoms with Gasteiger partial charge in [-0.15, -0.1) is 0 Å². The third-order valence-corrected chi connectivity index (χ3v) is 4.70. The molecule has 2 rings (SSSR count). The number of rotatable bonds is 5. The van der Waals surface area contributed by atoms with E-state index in [4.69, 9.17) is 4.74 Å². The number of hydrogen-bond donors (Lipinski definition) is 1. The van der Waals surface area contributed by atoms with E-state index in [0.717, 1.165) is 24.1 Å². The van der Waals surface area contributed by atoms with E-state index in [9.17, 15) is 0 Å². The molecule has 1 atom stereocenters. The predicted molar refractivity (Wildman–Crippen MR) is 85.3 cm³/mol. The fraction of sp³-hybridized carbons (Fsp3) is 0.667. The Balaban J connectivity index is 1.90. The molecule has 2 nitrogen and oxygen atoms in total. The van der Waals surface area contributed by atoms with Crippen molar-refractivity contribution in [2.75, 3.05) is 13.7 Å². The topological polar surface area (TPSA) is 21.3 Å². The first-order chi connectivity index (χ1) is 9.60. The molecule has 20 heavy (non-hydrogen) atoms. The molecule has 0 aromatic heterocycles. The monoisotopic (exact) mass is 275 g/mol. The van der Waals surface area contributed by atoms with Crippen LogP contribution >= 0.6 is 0 Å². The highest BCUT2D eigenvalue weighted by Crippen LogP contribution is 2.29. The van der Waals surface area contributed by atoms with Crippen LogP contribution in [0.15, 0.2) is 18.2 Å². The molecule has 1 aliphatic carbocycles. The van der Waals surface area contributed by atoms with Gasteiger partial charge in [0, 0.05) is 11.6 Å². The van der Waals surface area contributed by atoms with Gasteiger partial charge < -0.3 is 10.1 Å². The van der Waals surface area contributed by atoms with Crippen molar-refractivity contribution >= 4 is 0 Å². The maximum atomic E-state index is 5.51. The summed E-state index contributed by atoms with van der Waals surface area (Å²) in [6, 6.07) is 6.83. The lowest BCUT2D eigenvalue weighted by atomic mass is 9.83. The van der Waals surface area contributed by atoms with Crippen LogP contribution in [0.4, 0.5) is 0 Å². The summed E-state index contributed by atoms with van der Waals surface area (Å²) in [7, 11) is 1.76. The van der Waals surface area contributed by atoms with Gasteiger partial charge in [0.05, 0.1) is 7.11 Å². The highest BCUT2D eigenvalue weighted by Gasteiger charge is 2.19. The van der Waals surface area contributed by atoms with Crippen LogP contribution in [0.3, 0.4) is 0 Å². The number of aryl methyl sites for hydroxylation is 1. The lowest BCUT2D eigenvalue weighted by molar-refractivity contribution is 0.275. The Hall–Kier alpha value is -1.02. The summed E-state index contributed by atoms with van der Waals surface area (Å²) in [6.45, 7) is 7.85. The van der Waals surface area contributed by atoms with E-state index in [2.05, 4.69) is 44.3 Å². The third-order valence-electron chi connectivity index (χ3n) is 4.70. The lowest BCUT2D eigenvalue weighted by Gasteiger charge is -2.28. The fourth-order valence-electron chi connectivity index (χ4n) is 3.16. The molecular weight excluding hydrogens is 246 g/mol. The summed E-state index contributed by atoms with van der Waals surface area (Å²) in [5.74, 6) is 2.79. The average Bonchev–Trinajstić information content (AvgIpc) is 2.46. The Kier molecular flexibility index (Phi) is 5.47. The lowest BCUT2D eigenvalue weighted by Crippen LogP contribution is -2.28. The molecule has 0 saturated heterocycles. The minimum absolute atomic E-state index is 0.352. The van der Waals surface area contributed by atoms with E-state index in [0.29, 0.717) is 6.04 Å². The van der Waals surface area contributed by atoms with Crippen molar-refractivity contribution in [2.45, 2.75) is 52.5 Å². The second kappa shape index (κ2) is 7.12. The van der Waals surface area contributed by atoms with Gasteiger partial charge >= 0.3 is 0 Å². The van der Waals surface area contributed by atoms with Crippen molar-refractivity contribution in [3.8, 4) is 5.75 Å². The van der Waals surface area contributed by atoms with Crippen LogP contribution in [0, 0.1) is 18.8 Å². The van der Waals surface area contributed by atoms with E-state index in [-0.39, 0.29) is 0 Å². The highest BCUT2D eigenvalue weighted by atomic mass is 16.5. The standard InChI is InChI=1S/C18H29NO/c1-13-5-8-16(9-6-13)12-19-15(3)17-10-7-14(2)11-18(17)20-4/h7,10-11,13,15-16,19H,5-6,8-9,12H2,1-4H3. The van der Waals surface area contributed by atoms with Crippen LogP contribution in [0.2, 0.25) is 0 Å². The van der Waals surface area contributed by atoms with Crippen molar-refractivity contribution in [1.82, 2.24) is 5.32 Å². The number of ether oxygens (including phenoxy) is 1. The van der Waals surface area contributed by atoms with Crippen molar-refractivity contribution in [1.29, 1.82) is 0 Å². The van der Waals surface area contributed by atoms with E-state index in [1.807, 2.05) is 0 Å². The molecule has 112 valence electrons. The number of benzene rings is 1. The SMILES string of the molecule is COc1cc(C)ccc1C(C)NCC1CCC(C)CC1. The van der Waals surface area contributed by atoms with Gasteiger partial charge in [-0.25, -0.2) is 0 Å². The fourth-order valence-corrected chi connectivity index (χ4v) is 3.16. The molecule has 0 spiro atoms. The summed E-state index contributed by atoms with van der Waals surface area (Å²) < 4.78 is 5.51. The van der Waals surface area contributed by atoms with Gasteiger partial charge in [0.1, 0.15) is 5.75 Å². The van der Waals surface area contributed by atoms with Gasteiger partial charge in [-0.05, 0) is 56.7 Å². The molecule has 1 fully saturated rings. The van der Waals surface area contributed by atoms with E-state index < -0.39 is 0 Å². The molecule has 1 saturated carbocycles. The zero-order valence-corrected chi connectivity index (χ0v) is 13.4. The molecule has 0 radical (unpaired) electrons.